The fraction of sp³-hybridized carbons (Fsp3) is 0.500. The summed E-state index contributed by atoms with van der Waals surface area (Å²) in [6, 6.07) is 7.92. The van der Waals surface area contributed by atoms with E-state index in [0.717, 1.165) is 38.2 Å². The minimum Gasteiger partial charge on any atom is -0.369 e. The molecule has 2 aliphatic rings. The molecule has 1 aliphatic carbocycles. The van der Waals surface area contributed by atoms with E-state index in [0.29, 0.717) is 5.92 Å². The van der Waals surface area contributed by atoms with Crippen molar-refractivity contribution in [2.45, 2.75) is 39.2 Å². The lowest BCUT2D eigenvalue weighted by Crippen LogP contribution is -2.40. The van der Waals surface area contributed by atoms with Crippen LogP contribution in [0, 0.1) is 11.8 Å². The Balaban J connectivity index is 1.52. The van der Waals surface area contributed by atoms with Crippen LogP contribution in [0.3, 0.4) is 0 Å². The molecule has 0 bridgehead atoms. The number of carbonyl (C=O) groups excluding carboxylic acids is 2. The van der Waals surface area contributed by atoms with Gasteiger partial charge in [0.05, 0.1) is 5.92 Å². The summed E-state index contributed by atoms with van der Waals surface area (Å²) in [6.45, 7) is 4.56. The number of amides is 2. The summed E-state index contributed by atoms with van der Waals surface area (Å²) >= 11 is 0. The highest BCUT2D eigenvalue weighted by molar-refractivity contribution is 5.99. The quantitative estimate of drug-likeness (QED) is 0.781. The number of nitrogens with two attached hydrogens (primary N) is 1. The number of piperidine rings is 1. The van der Waals surface area contributed by atoms with E-state index in [1.165, 1.54) is 24.0 Å². The molecule has 1 unspecified atom stereocenters. The van der Waals surface area contributed by atoms with E-state index in [2.05, 4.69) is 10.2 Å². The first-order valence-corrected chi connectivity index (χ1v) is 9.11. The van der Waals surface area contributed by atoms with Crippen LogP contribution in [0.25, 0.3) is 0 Å². The minimum absolute atomic E-state index is 0.0335. The van der Waals surface area contributed by atoms with Gasteiger partial charge in [0.25, 0.3) is 0 Å². The third-order valence-electron chi connectivity index (χ3n) is 5.12. The Morgan fingerprint density at radius 2 is 1.92 bits per heavy atom. The predicted octanol–water partition coefficient (Wildman–Crippen LogP) is 2.68. The Hall–Kier alpha value is -2.14. The molecule has 1 saturated heterocycles. The lowest BCUT2D eigenvalue weighted by atomic mass is 9.97. The maximum Gasteiger partial charge on any atom is 0.248 e. The fourth-order valence-electron chi connectivity index (χ4n) is 3.42. The van der Waals surface area contributed by atoms with Crippen molar-refractivity contribution in [2.75, 3.05) is 18.4 Å². The number of likely N-dealkylation sites (tertiary alicyclic amines) is 1. The van der Waals surface area contributed by atoms with Crippen LogP contribution in [-0.4, -0.2) is 29.8 Å². The van der Waals surface area contributed by atoms with Gasteiger partial charge in [-0.3, -0.25) is 14.5 Å². The number of nitrogens with zero attached hydrogens (tertiary/aromatic N) is 1. The third-order valence-corrected chi connectivity index (χ3v) is 5.12. The van der Waals surface area contributed by atoms with Gasteiger partial charge in [-0.2, -0.15) is 0 Å². The molecule has 0 radical (unpaired) electrons. The van der Waals surface area contributed by atoms with Crippen molar-refractivity contribution in [3.05, 3.63) is 41.5 Å². The van der Waals surface area contributed by atoms with Crippen molar-refractivity contribution in [1.82, 2.24) is 4.90 Å². The van der Waals surface area contributed by atoms with Crippen LogP contribution in [-0.2, 0) is 16.1 Å². The van der Waals surface area contributed by atoms with Crippen LogP contribution in [0.4, 0.5) is 5.69 Å². The second-order valence-electron chi connectivity index (χ2n) is 7.33. The Bertz CT molecular complexity index is 662. The molecule has 1 heterocycles. The van der Waals surface area contributed by atoms with Gasteiger partial charge >= 0.3 is 0 Å². The summed E-state index contributed by atoms with van der Waals surface area (Å²) < 4.78 is 0. The van der Waals surface area contributed by atoms with Crippen LogP contribution in [0.5, 0.6) is 0 Å². The standard InChI is InChI=1S/C20H27N3O2/c1-14(16-6-7-16)11-19(24)22-18-8-4-15(5-9-18)12-23-10-2-3-17(13-23)20(21)25/h4-5,8-9,11,16-17H,2-3,6-7,10,12-13H2,1H3,(H2,21,25)(H,22,24)/b14-11+. The van der Waals surface area contributed by atoms with Crippen molar-refractivity contribution in [3.63, 3.8) is 0 Å². The monoisotopic (exact) mass is 341 g/mol. The zero-order valence-corrected chi connectivity index (χ0v) is 14.8. The van der Waals surface area contributed by atoms with Gasteiger partial charge in [-0.05, 0) is 62.8 Å². The zero-order valence-electron chi connectivity index (χ0n) is 14.8. The first-order chi connectivity index (χ1) is 12.0. The third kappa shape index (κ3) is 5.16. The molecular weight excluding hydrogens is 314 g/mol. The molecule has 1 atom stereocenters. The van der Waals surface area contributed by atoms with Crippen molar-refractivity contribution in [1.29, 1.82) is 0 Å². The van der Waals surface area contributed by atoms with E-state index < -0.39 is 0 Å². The van der Waals surface area contributed by atoms with Gasteiger partial charge in [0, 0.05) is 24.9 Å². The predicted molar refractivity (Wildman–Crippen MR) is 98.7 cm³/mol. The number of primary amides is 1. The lowest BCUT2D eigenvalue weighted by Gasteiger charge is -2.31. The summed E-state index contributed by atoms with van der Waals surface area (Å²) in [5.41, 5.74) is 8.59. The maximum absolute atomic E-state index is 12.0. The SMILES string of the molecule is C/C(=C\C(=O)Nc1ccc(CN2CCCC(C(N)=O)C2)cc1)C1CC1. The molecule has 134 valence electrons. The second kappa shape index (κ2) is 7.83. The summed E-state index contributed by atoms with van der Waals surface area (Å²) in [4.78, 5) is 25.7. The molecule has 2 fully saturated rings. The number of anilines is 1. The Morgan fingerprint density at radius 1 is 1.20 bits per heavy atom. The topological polar surface area (TPSA) is 75.4 Å². The van der Waals surface area contributed by atoms with Crippen LogP contribution in [0.2, 0.25) is 0 Å². The molecule has 0 spiro atoms. The van der Waals surface area contributed by atoms with Crippen LogP contribution in [0.1, 0.15) is 38.2 Å². The number of benzene rings is 1. The van der Waals surface area contributed by atoms with Gasteiger partial charge in [-0.25, -0.2) is 0 Å². The summed E-state index contributed by atoms with van der Waals surface area (Å²) in [5.74, 6) is 0.325. The van der Waals surface area contributed by atoms with Crippen LogP contribution < -0.4 is 11.1 Å². The molecule has 3 rings (SSSR count). The number of nitrogens with one attached hydrogen (secondary N) is 1. The molecule has 3 N–H and O–H groups in total. The smallest absolute Gasteiger partial charge is 0.248 e. The van der Waals surface area contributed by atoms with Gasteiger partial charge in [0.1, 0.15) is 0 Å². The normalized spacial score (nSPS) is 21.8. The van der Waals surface area contributed by atoms with Crippen LogP contribution in [0.15, 0.2) is 35.9 Å². The Labute approximate surface area is 149 Å². The fourth-order valence-corrected chi connectivity index (χ4v) is 3.42. The average Bonchev–Trinajstić information content (AvgIpc) is 3.42. The van der Waals surface area contributed by atoms with E-state index in [4.69, 9.17) is 5.73 Å². The van der Waals surface area contributed by atoms with Gasteiger partial charge in [0.2, 0.25) is 11.8 Å². The van der Waals surface area contributed by atoms with Crippen molar-refractivity contribution in [3.8, 4) is 0 Å². The number of hydrogen-bond acceptors (Lipinski definition) is 3. The highest BCUT2D eigenvalue weighted by atomic mass is 16.1. The molecule has 5 nitrogen and oxygen atoms in total. The minimum atomic E-state index is -0.197. The molecule has 1 aromatic rings. The van der Waals surface area contributed by atoms with Gasteiger partial charge in [-0.15, -0.1) is 0 Å². The molecule has 0 aromatic heterocycles. The van der Waals surface area contributed by atoms with E-state index in [-0.39, 0.29) is 17.7 Å². The zero-order chi connectivity index (χ0) is 17.8. The van der Waals surface area contributed by atoms with Crippen LogP contribution >= 0.6 is 0 Å². The van der Waals surface area contributed by atoms with E-state index in [9.17, 15) is 9.59 Å². The second-order valence-corrected chi connectivity index (χ2v) is 7.33. The highest BCUT2D eigenvalue weighted by Crippen LogP contribution is 2.35. The molecule has 1 aliphatic heterocycles. The molecule has 1 aromatic carbocycles. The average molecular weight is 341 g/mol. The molecular formula is C20H27N3O2. The molecule has 5 heteroatoms. The van der Waals surface area contributed by atoms with Gasteiger partial charge < -0.3 is 11.1 Å². The molecule has 25 heavy (non-hydrogen) atoms. The number of carbonyl (C=O) groups is 2. The number of hydrogen-bond donors (Lipinski definition) is 2. The van der Waals surface area contributed by atoms with Crippen molar-refractivity contribution in [2.24, 2.45) is 17.6 Å². The summed E-state index contributed by atoms with van der Waals surface area (Å²) in [7, 11) is 0. The Morgan fingerprint density at radius 3 is 2.56 bits per heavy atom. The molecule has 2 amide bonds. The first kappa shape index (κ1) is 17.7. The maximum atomic E-state index is 12.0. The summed E-state index contributed by atoms with van der Waals surface area (Å²) in [5, 5.41) is 2.92. The number of rotatable bonds is 6. The van der Waals surface area contributed by atoms with E-state index >= 15 is 0 Å². The summed E-state index contributed by atoms with van der Waals surface area (Å²) in [6.07, 6.45) is 6.02. The van der Waals surface area contributed by atoms with E-state index in [1.54, 1.807) is 6.08 Å². The molecule has 1 saturated carbocycles. The highest BCUT2D eigenvalue weighted by Gasteiger charge is 2.24. The lowest BCUT2D eigenvalue weighted by molar-refractivity contribution is -0.123. The van der Waals surface area contributed by atoms with E-state index in [1.807, 2.05) is 31.2 Å². The number of allylic oxidation sites excluding steroid dienone is 1. The largest absolute Gasteiger partial charge is 0.369 e. The Kier molecular flexibility index (Phi) is 5.53. The first-order valence-electron chi connectivity index (χ1n) is 9.11. The van der Waals surface area contributed by atoms with Crippen molar-refractivity contribution < 1.29 is 9.59 Å². The van der Waals surface area contributed by atoms with Crippen molar-refractivity contribution >= 4 is 17.5 Å². The van der Waals surface area contributed by atoms with Gasteiger partial charge in [-0.1, -0.05) is 17.7 Å². The van der Waals surface area contributed by atoms with Gasteiger partial charge in [0.15, 0.2) is 0 Å².